The molecule has 0 rings (SSSR count). The van der Waals surface area contributed by atoms with Gasteiger partial charge in [0.05, 0.1) is 16.8 Å². The molecule has 0 aromatic rings. The average molecular weight is 569 g/mol. The maximum Gasteiger partial charge on any atom is 0.331 e. The minimum absolute atomic E-state index is 0.203. The standard InChI is InChI=1S/C26H60O7Si3/c1-15-34(27-13,21-18-29-24(4,5)6)32-36(17-3,23-20-31-26(10,11)12)33-35(16-2,28-14)22-19-30-25(7,8)9/h15-23H2,1-14H3. The van der Waals surface area contributed by atoms with E-state index < -0.39 is 25.7 Å². The first-order chi connectivity index (χ1) is 16.3. The highest BCUT2D eigenvalue weighted by Crippen LogP contribution is 2.35. The van der Waals surface area contributed by atoms with Crippen molar-refractivity contribution >= 4 is 25.7 Å². The Balaban J connectivity index is 6.09. The van der Waals surface area contributed by atoms with Crippen LogP contribution in [0.4, 0.5) is 0 Å². The Hall–Kier alpha value is 0.371. The Morgan fingerprint density at radius 3 is 0.889 bits per heavy atom. The zero-order valence-electron chi connectivity index (χ0n) is 26.2. The van der Waals surface area contributed by atoms with Gasteiger partial charge in [-0.15, -0.1) is 0 Å². The van der Waals surface area contributed by atoms with E-state index in [1.807, 2.05) is 0 Å². The van der Waals surface area contributed by atoms with Gasteiger partial charge in [-0.25, -0.2) is 0 Å². The van der Waals surface area contributed by atoms with Gasteiger partial charge in [-0.05, 0) is 80.4 Å². The van der Waals surface area contributed by atoms with Crippen molar-refractivity contribution < 1.29 is 31.3 Å². The van der Waals surface area contributed by atoms with E-state index in [2.05, 4.69) is 83.1 Å². The van der Waals surface area contributed by atoms with E-state index >= 15 is 0 Å². The summed E-state index contributed by atoms with van der Waals surface area (Å²) in [6.07, 6.45) is 0. The molecule has 0 saturated heterocycles. The lowest BCUT2D eigenvalue weighted by molar-refractivity contribution is 0.000427. The minimum Gasteiger partial charge on any atom is -0.415 e. The first-order valence-corrected chi connectivity index (χ1v) is 20.5. The van der Waals surface area contributed by atoms with Gasteiger partial charge in [0.1, 0.15) is 0 Å². The highest BCUT2D eigenvalue weighted by Gasteiger charge is 2.52. The molecular formula is C26H60O7Si3. The van der Waals surface area contributed by atoms with Gasteiger partial charge in [-0.3, -0.25) is 0 Å². The van der Waals surface area contributed by atoms with Crippen LogP contribution in [0.25, 0.3) is 0 Å². The van der Waals surface area contributed by atoms with Crippen LogP contribution in [0, 0.1) is 0 Å². The van der Waals surface area contributed by atoms with Crippen molar-refractivity contribution in [1.82, 2.24) is 0 Å². The maximum atomic E-state index is 7.20. The third-order valence-electron chi connectivity index (χ3n) is 6.16. The van der Waals surface area contributed by atoms with Crippen LogP contribution in [0.2, 0.25) is 36.3 Å². The molecule has 0 fully saturated rings. The van der Waals surface area contributed by atoms with Crippen LogP contribution in [-0.2, 0) is 31.3 Å². The molecule has 0 amide bonds. The van der Waals surface area contributed by atoms with Crippen molar-refractivity contribution in [2.24, 2.45) is 0 Å². The summed E-state index contributed by atoms with van der Waals surface area (Å²) in [5.74, 6) is 0. The third-order valence-corrected chi connectivity index (χ3v) is 19.7. The van der Waals surface area contributed by atoms with E-state index in [1.165, 1.54) is 0 Å². The molecule has 0 aliphatic rings. The fraction of sp³-hybridized carbons (Fsp3) is 1.00. The van der Waals surface area contributed by atoms with Crippen molar-refractivity contribution in [2.45, 2.75) is 136 Å². The topological polar surface area (TPSA) is 64.6 Å². The van der Waals surface area contributed by atoms with Crippen LogP contribution in [0.3, 0.4) is 0 Å². The molecule has 0 saturated carbocycles. The minimum atomic E-state index is -2.78. The Bertz CT molecular complexity index is 552. The van der Waals surface area contributed by atoms with Gasteiger partial charge in [0.25, 0.3) is 0 Å². The highest BCUT2D eigenvalue weighted by atomic mass is 28.5. The molecule has 218 valence electrons. The molecule has 2 unspecified atom stereocenters. The summed E-state index contributed by atoms with van der Waals surface area (Å²) in [7, 11) is -4.39. The van der Waals surface area contributed by atoms with Crippen LogP contribution in [-0.4, -0.2) is 76.5 Å². The molecule has 7 nitrogen and oxygen atoms in total. The van der Waals surface area contributed by atoms with Gasteiger partial charge in [-0.1, -0.05) is 20.8 Å². The van der Waals surface area contributed by atoms with Crippen LogP contribution in [0.1, 0.15) is 83.1 Å². The lowest BCUT2D eigenvalue weighted by Gasteiger charge is -2.44. The summed E-state index contributed by atoms with van der Waals surface area (Å²) in [4.78, 5) is 0. The number of rotatable bonds is 18. The first kappa shape index (κ1) is 36.4. The van der Waals surface area contributed by atoms with Crippen molar-refractivity contribution in [2.75, 3.05) is 34.0 Å². The quantitative estimate of drug-likeness (QED) is 0.163. The molecule has 0 heterocycles. The number of ether oxygens (including phenoxy) is 3. The predicted octanol–water partition coefficient (Wildman–Crippen LogP) is 7.14. The summed E-state index contributed by atoms with van der Waals surface area (Å²) in [6.45, 7) is 27.0. The van der Waals surface area contributed by atoms with Crippen LogP contribution >= 0.6 is 0 Å². The second-order valence-electron chi connectivity index (χ2n) is 12.5. The molecule has 0 aromatic carbocycles. The van der Waals surface area contributed by atoms with Crippen molar-refractivity contribution in [3.63, 3.8) is 0 Å². The second-order valence-corrected chi connectivity index (χ2v) is 24.1. The van der Waals surface area contributed by atoms with Gasteiger partial charge in [0.2, 0.25) is 0 Å². The molecule has 10 heteroatoms. The monoisotopic (exact) mass is 568 g/mol. The van der Waals surface area contributed by atoms with Crippen LogP contribution < -0.4 is 0 Å². The summed E-state index contributed by atoms with van der Waals surface area (Å²) in [5.41, 5.74) is -0.632. The fourth-order valence-electron chi connectivity index (χ4n) is 3.84. The molecular weight excluding hydrogens is 509 g/mol. The molecule has 0 N–H and O–H groups in total. The molecule has 36 heavy (non-hydrogen) atoms. The van der Waals surface area contributed by atoms with Gasteiger partial charge in [0, 0.05) is 52.2 Å². The fourth-order valence-corrected chi connectivity index (χ4v) is 17.7. The van der Waals surface area contributed by atoms with E-state index in [0.29, 0.717) is 19.8 Å². The normalized spacial score (nSPS) is 18.5. The third kappa shape index (κ3) is 14.5. The predicted molar refractivity (Wildman–Crippen MR) is 156 cm³/mol. The lowest BCUT2D eigenvalue weighted by Crippen LogP contribution is -2.61. The maximum absolute atomic E-state index is 7.20. The molecule has 0 radical (unpaired) electrons. The van der Waals surface area contributed by atoms with Crippen LogP contribution in [0.5, 0.6) is 0 Å². The molecule has 0 aliphatic heterocycles. The van der Waals surface area contributed by atoms with Gasteiger partial charge >= 0.3 is 25.7 Å². The average Bonchev–Trinajstić information content (AvgIpc) is 2.75. The van der Waals surface area contributed by atoms with Crippen LogP contribution in [0.15, 0.2) is 0 Å². The molecule has 0 spiro atoms. The van der Waals surface area contributed by atoms with Crippen molar-refractivity contribution in [1.29, 1.82) is 0 Å². The summed E-state index contributed by atoms with van der Waals surface area (Å²) >= 11 is 0. The van der Waals surface area contributed by atoms with Gasteiger partial charge < -0.3 is 31.3 Å². The Labute approximate surface area is 227 Å². The molecule has 0 aromatic heterocycles. The van der Waals surface area contributed by atoms with Crippen molar-refractivity contribution in [3.8, 4) is 0 Å². The zero-order chi connectivity index (χ0) is 28.3. The Kier molecular flexibility index (Phi) is 15.4. The SMILES string of the molecule is CC[Si](CCOC(C)(C)C)(OC)O[Si](CC)(CCOC(C)(C)C)O[Si](CC)(CCOC(C)(C)C)OC. The smallest absolute Gasteiger partial charge is 0.331 e. The van der Waals surface area contributed by atoms with Gasteiger partial charge in [-0.2, -0.15) is 0 Å². The van der Waals surface area contributed by atoms with Crippen molar-refractivity contribution in [3.05, 3.63) is 0 Å². The van der Waals surface area contributed by atoms with Gasteiger partial charge in [0.15, 0.2) is 0 Å². The highest BCUT2D eigenvalue weighted by molar-refractivity contribution is 6.87. The zero-order valence-corrected chi connectivity index (χ0v) is 29.2. The Morgan fingerprint density at radius 1 is 0.444 bits per heavy atom. The summed E-state index contributed by atoms with van der Waals surface area (Å²) in [5, 5.41) is 0. The lowest BCUT2D eigenvalue weighted by atomic mass is 10.2. The number of hydrogen-bond acceptors (Lipinski definition) is 7. The summed E-state index contributed by atoms with van der Waals surface area (Å²) < 4.78 is 45.2. The van der Waals surface area contributed by atoms with E-state index in [4.69, 9.17) is 31.3 Å². The number of hydrogen-bond donors (Lipinski definition) is 0. The van der Waals surface area contributed by atoms with E-state index in [1.54, 1.807) is 14.2 Å². The van der Waals surface area contributed by atoms with E-state index in [0.717, 1.165) is 36.3 Å². The molecule has 0 bridgehead atoms. The largest absolute Gasteiger partial charge is 0.415 e. The van der Waals surface area contributed by atoms with E-state index in [9.17, 15) is 0 Å². The summed E-state index contributed by atoms with van der Waals surface area (Å²) in [6, 6.07) is 4.72. The van der Waals surface area contributed by atoms with E-state index in [-0.39, 0.29) is 16.8 Å². The molecule has 0 aliphatic carbocycles. The second kappa shape index (κ2) is 15.2. The first-order valence-electron chi connectivity index (χ1n) is 13.8. The molecule has 2 atom stereocenters. The Morgan fingerprint density at radius 2 is 0.694 bits per heavy atom.